The Morgan fingerprint density at radius 1 is 1.41 bits per heavy atom. The first-order valence-corrected chi connectivity index (χ1v) is 6.15. The zero-order chi connectivity index (χ0) is 12.3. The van der Waals surface area contributed by atoms with Crippen molar-refractivity contribution < 1.29 is 9.53 Å². The second-order valence-corrected chi connectivity index (χ2v) is 4.71. The van der Waals surface area contributed by atoms with Gasteiger partial charge < -0.3 is 9.64 Å². The predicted octanol–water partition coefficient (Wildman–Crippen LogP) is 2.77. The van der Waals surface area contributed by atoms with Crippen molar-refractivity contribution in [3.8, 4) is 0 Å². The van der Waals surface area contributed by atoms with E-state index in [9.17, 15) is 4.79 Å². The van der Waals surface area contributed by atoms with Gasteiger partial charge in [-0.25, -0.2) is 0 Å². The molecule has 17 heavy (non-hydrogen) atoms. The van der Waals surface area contributed by atoms with Crippen molar-refractivity contribution in [3.05, 3.63) is 28.8 Å². The van der Waals surface area contributed by atoms with E-state index in [1.807, 2.05) is 13.1 Å². The third kappa shape index (κ3) is 2.79. The van der Waals surface area contributed by atoms with Gasteiger partial charge in [-0.2, -0.15) is 0 Å². The Hall–Kier alpha value is -1.06. The SMILES string of the molecule is CN(c1cc(Cl)ccc1C=O)C1CCOCC1. The number of carbonyl (C=O) groups is 1. The van der Waals surface area contributed by atoms with Crippen molar-refractivity contribution in [2.75, 3.05) is 25.2 Å². The van der Waals surface area contributed by atoms with E-state index < -0.39 is 0 Å². The number of ether oxygens (including phenoxy) is 1. The number of halogens is 1. The normalized spacial score (nSPS) is 16.8. The summed E-state index contributed by atoms with van der Waals surface area (Å²) in [5, 5.41) is 0.657. The molecule has 0 bridgehead atoms. The van der Waals surface area contributed by atoms with Gasteiger partial charge in [0.25, 0.3) is 0 Å². The maximum atomic E-state index is 11.0. The van der Waals surface area contributed by atoms with Crippen LogP contribution in [0.5, 0.6) is 0 Å². The third-order valence-electron chi connectivity index (χ3n) is 3.24. The second kappa shape index (κ2) is 5.52. The minimum Gasteiger partial charge on any atom is -0.381 e. The van der Waals surface area contributed by atoms with Crippen LogP contribution in [0.4, 0.5) is 5.69 Å². The molecule has 0 saturated carbocycles. The van der Waals surface area contributed by atoms with Gasteiger partial charge in [-0.1, -0.05) is 11.6 Å². The number of hydrogen-bond donors (Lipinski definition) is 0. The molecule has 0 amide bonds. The summed E-state index contributed by atoms with van der Waals surface area (Å²) in [4.78, 5) is 13.2. The minimum atomic E-state index is 0.418. The molecule has 0 atom stereocenters. The molecule has 1 aliphatic rings. The monoisotopic (exact) mass is 253 g/mol. The number of benzene rings is 1. The van der Waals surface area contributed by atoms with Gasteiger partial charge in [0.2, 0.25) is 0 Å². The molecule has 1 heterocycles. The van der Waals surface area contributed by atoms with E-state index in [0.717, 1.165) is 38.0 Å². The van der Waals surface area contributed by atoms with Gasteiger partial charge in [-0.3, -0.25) is 4.79 Å². The maximum absolute atomic E-state index is 11.0. The van der Waals surface area contributed by atoms with Crippen molar-refractivity contribution in [1.29, 1.82) is 0 Å². The van der Waals surface area contributed by atoms with Crippen LogP contribution in [0.2, 0.25) is 5.02 Å². The molecule has 0 unspecified atom stereocenters. The highest BCUT2D eigenvalue weighted by molar-refractivity contribution is 6.31. The first-order valence-electron chi connectivity index (χ1n) is 5.77. The zero-order valence-electron chi connectivity index (χ0n) is 9.86. The molecule has 3 nitrogen and oxygen atoms in total. The van der Waals surface area contributed by atoms with E-state index >= 15 is 0 Å². The smallest absolute Gasteiger partial charge is 0.152 e. The summed E-state index contributed by atoms with van der Waals surface area (Å²) in [5.74, 6) is 0. The number of anilines is 1. The highest BCUT2D eigenvalue weighted by atomic mass is 35.5. The molecule has 2 rings (SSSR count). The molecule has 1 fully saturated rings. The summed E-state index contributed by atoms with van der Waals surface area (Å²) in [6.07, 6.45) is 2.85. The van der Waals surface area contributed by atoms with E-state index in [4.69, 9.17) is 16.3 Å². The average Bonchev–Trinajstić information content (AvgIpc) is 2.39. The van der Waals surface area contributed by atoms with Crippen LogP contribution in [-0.4, -0.2) is 32.6 Å². The van der Waals surface area contributed by atoms with Crippen molar-refractivity contribution in [2.24, 2.45) is 0 Å². The van der Waals surface area contributed by atoms with Gasteiger partial charge in [0.15, 0.2) is 6.29 Å². The summed E-state index contributed by atoms with van der Waals surface area (Å²) in [7, 11) is 2.01. The lowest BCUT2D eigenvalue weighted by Gasteiger charge is -2.33. The van der Waals surface area contributed by atoms with Crippen molar-refractivity contribution >= 4 is 23.6 Å². The molecule has 1 aromatic carbocycles. The zero-order valence-corrected chi connectivity index (χ0v) is 10.6. The Bertz CT molecular complexity index is 402. The van der Waals surface area contributed by atoms with Gasteiger partial charge in [0, 0.05) is 42.6 Å². The second-order valence-electron chi connectivity index (χ2n) is 4.28. The van der Waals surface area contributed by atoms with E-state index in [1.165, 1.54) is 0 Å². The fraction of sp³-hybridized carbons (Fsp3) is 0.462. The number of nitrogens with zero attached hydrogens (tertiary/aromatic N) is 1. The summed E-state index contributed by atoms with van der Waals surface area (Å²) < 4.78 is 5.34. The largest absolute Gasteiger partial charge is 0.381 e. The number of hydrogen-bond acceptors (Lipinski definition) is 3. The molecule has 0 N–H and O–H groups in total. The molecular formula is C13H16ClNO2. The summed E-state index contributed by atoms with van der Waals surface area (Å²) >= 11 is 5.99. The lowest BCUT2D eigenvalue weighted by molar-refractivity contribution is 0.0854. The van der Waals surface area contributed by atoms with Gasteiger partial charge in [-0.05, 0) is 31.0 Å². The van der Waals surface area contributed by atoms with Crippen molar-refractivity contribution in [2.45, 2.75) is 18.9 Å². The summed E-state index contributed by atoms with van der Waals surface area (Å²) in [5.41, 5.74) is 1.59. The molecular weight excluding hydrogens is 238 g/mol. The fourth-order valence-corrected chi connectivity index (χ4v) is 2.36. The Kier molecular flexibility index (Phi) is 4.02. The molecule has 1 aromatic rings. The van der Waals surface area contributed by atoms with Crippen LogP contribution in [0.3, 0.4) is 0 Å². The standard InChI is InChI=1S/C13H16ClNO2/c1-15(12-4-6-17-7-5-12)13-8-11(14)3-2-10(13)9-16/h2-3,8-9,12H,4-7H2,1H3. The highest BCUT2D eigenvalue weighted by Crippen LogP contribution is 2.27. The van der Waals surface area contributed by atoms with Crippen molar-refractivity contribution in [3.63, 3.8) is 0 Å². The summed E-state index contributed by atoms with van der Waals surface area (Å²) in [6, 6.07) is 5.77. The Morgan fingerprint density at radius 3 is 2.76 bits per heavy atom. The lowest BCUT2D eigenvalue weighted by atomic mass is 10.1. The van der Waals surface area contributed by atoms with Crippen LogP contribution in [0.15, 0.2) is 18.2 Å². The number of aldehydes is 1. The predicted molar refractivity (Wildman–Crippen MR) is 69.1 cm³/mol. The molecule has 1 saturated heterocycles. The summed E-state index contributed by atoms with van der Waals surface area (Å²) in [6.45, 7) is 1.57. The molecule has 92 valence electrons. The number of rotatable bonds is 3. The van der Waals surface area contributed by atoms with Crippen molar-refractivity contribution in [1.82, 2.24) is 0 Å². The van der Waals surface area contributed by atoms with Crippen LogP contribution in [0, 0.1) is 0 Å². The minimum absolute atomic E-state index is 0.418. The van der Waals surface area contributed by atoms with Gasteiger partial charge in [0.1, 0.15) is 0 Å². The average molecular weight is 254 g/mol. The van der Waals surface area contributed by atoms with E-state index in [2.05, 4.69) is 4.90 Å². The Labute approximate surface area is 106 Å². The van der Waals surface area contributed by atoms with Crippen LogP contribution in [0.25, 0.3) is 0 Å². The molecule has 0 aliphatic carbocycles. The van der Waals surface area contributed by atoms with Crippen LogP contribution in [0.1, 0.15) is 23.2 Å². The number of carbonyl (C=O) groups excluding carboxylic acids is 1. The van der Waals surface area contributed by atoms with E-state index in [-0.39, 0.29) is 0 Å². The first kappa shape index (κ1) is 12.4. The van der Waals surface area contributed by atoms with Gasteiger partial charge >= 0.3 is 0 Å². The van der Waals surface area contributed by atoms with Crippen LogP contribution >= 0.6 is 11.6 Å². The van der Waals surface area contributed by atoms with Crippen LogP contribution < -0.4 is 4.90 Å². The Morgan fingerprint density at radius 2 is 2.12 bits per heavy atom. The molecule has 0 radical (unpaired) electrons. The highest BCUT2D eigenvalue weighted by Gasteiger charge is 2.20. The van der Waals surface area contributed by atoms with E-state index in [1.54, 1.807) is 12.1 Å². The van der Waals surface area contributed by atoms with E-state index in [0.29, 0.717) is 16.6 Å². The fourth-order valence-electron chi connectivity index (χ4n) is 2.19. The molecule has 1 aliphatic heterocycles. The first-order chi connectivity index (χ1) is 8.22. The molecule has 0 spiro atoms. The third-order valence-corrected chi connectivity index (χ3v) is 3.47. The topological polar surface area (TPSA) is 29.5 Å². The Balaban J connectivity index is 2.24. The maximum Gasteiger partial charge on any atom is 0.152 e. The van der Waals surface area contributed by atoms with Crippen LogP contribution in [-0.2, 0) is 4.74 Å². The molecule has 4 heteroatoms. The lowest BCUT2D eigenvalue weighted by Crippen LogP contribution is -2.37. The van der Waals surface area contributed by atoms with Gasteiger partial charge in [-0.15, -0.1) is 0 Å². The molecule has 0 aromatic heterocycles. The van der Waals surface area contributed by atoms with Gasteiger partial charge in [0.05, 0.1) is 0 Å². The quantitative estimate of drug-likeness (QED) is 0.776.